The Balaban J connectivity index is 1.98. The summed E-state index contributed by atoms with van der Waals surface area (Å²) in [7, 11) is 1.81. The molecule has 2 N–H and O–H groups in total. The van der Waals surface area contributed by atoms with Crippen molar-refractivity contribution in [1.29, 1.82) is 0 Å². The summed E-state index contributed by atoms with van der Waals surface area (Å²) < 4.78 is 1.64. The maximum absolute atomic E-state index is 12.2. The molecule has 1 heterocycles. The van der Waals surface area contributed by atoms with Crippen LogP contribution in [0.4, 0.5) is 0 Å². The fourth-order valence-corrected chi connectivity index (χ4v) is 2.54. The minimum absolute atomic E-state index is 0.121. The predicted molar refractivity (Wildman–Crippen MR) is 88.9 cm³/mol. The number of carbonyl (C=O) groups excluding carboxylic acids is 1. The van der Waals surface area contributed by atoms with Crippen LogP contribution in [0.1, 0.15) is 37.6 Å². The lowest BCUT2D eigenvalue weighted by atomic mass is 9.87. The molecule has 1 atom stereocenters. The van der Waals surface area contributed by atoms with Gasteiger partial charge in [-0.15, -0.1) is 0 Å². The molecule has 2 aromatic rings. The Morgan fingerprint density at radius 3 is 2.52 bits per heavy atom. The molecule has 0 bridgehead atoms. The van der Waals surface area contributed by atoms with Gasteiger partial charge in [0.25, 0.3) is 5.91 Å². The van der Waals surface area contributed by atoms with Gasteiger partial charge in [-0.3, -0.25) is 9.48 Å². The Morgan fingerprint density at radius 1 is 1.35 bits per heavy atom. The van der Waals surface area contributed by atoms with E-state index in [0.29, 0.717) is 24.4 Å². The maximum Gasteiger partial charge on any atom is 0.251 e. The van der Waals surface area contributed by atoms with Gasteiger partial charge in [0.1, 0.15) is 6.33 Å². The lowest BCUT2D eigenvalue weighted by Gasteiger charge is -2.26. The molecule has 0 radical (unpaired) electrons. The predicted octanol–water partition coefficient (Wildman–Crippen LogP) is 2.01. The number of carbonyl (C=O) groups is 1. The molecule has 0 aliphatic carbocycles. The Bertz CT molecular complexity index is 659. The topological polar surface area (TPSA) is 80.0 Å². The zero-order valence-corrected chi connectivity index (χ0v) is 14.1. The number of amides is 1. The largest absolute Gasteiger partial charge is 0.393 e. The minimum atomic E-state index is -0.382. The average molecular weight is 316 g/mol. The molecule has 0 saturated heterocycles. The smallest absolute Gasteiger partial charge is 0.251 e. The summed E-state index contributed by atoms with van der Waals surface area (Å²) in [5, 5.41) is 16.6. The standard InChI is InChI=1S/C17H24N4O2/c1-12(22)9-17(2,3)10-18-16(23)14-7-5-13(6-8-14)15-19-11-21(4)20-15/h5-8,11-12,22H,9-10H2,1-4H3,(H,18,23). The highest BCUT2D eigenvalue weighted by atomic mass is 16.3. The summed E-state index contributed by atoms with van der Waals surface area (Å²) >= 11 is 0. The van der Waals surface area contributed by atoms with E-state index in [0.717, 1.165) is 5.56 Å². The van der Waals surface area contributed by atoms with Gasteiger partial charge in [0, 0.05) is 24.7 Å². The second-order valence-electron chi connectivity index (χ2n) is 6.72. The number of aliphatic hydroxyl groups excluding tert-OH is 1. The van der Waals surface area contributed by atoms with E-state index in [1.54, 1.807) is 30.1 Å². The molecule has 23 heavy (non-hydrogen) atoms. The van der Waals surface area contributed by atoms with Gasteiger partial charge < -0.3 is 10.4 Å². The zero-order valence-electron chi connectivity index (χ0n) is 14.1. The van der Waals surface area contributed by atoms with E-state index in [-0.39, 0.29) is 17.4 Å². The molecular formula is C17H24N4O2. The van der Waals surface area contributed by atoms with Crippen LogP contribution in [0.25, 0.3) is 11.4 Å². The summed E-state index contributed by atoms with van der Waals surface area (Å²) in [6, 6.07) is 7.21. The molecule has 6 heteroatoms. The summed E-state index contributed by atoms with van der Waals surface area (Å²) in [5.41, 5.74) is 1.32. The lowest BCUT2D eigenvalue weighted by molar-refractivity contribution is 0.0902. The van der Waals surface area contributed by atoms with Crippen LogP contribution in [-0.4, -0.2) is 38.4 Å². The van der Waals surface area contributed by atoms with Gasteiger partial charge in [-0.25, -0.2) is 4.98 Å². The number of aryl methyl sites for hydroxylation is 1. The third kappa shape index (κ3) is 4.89. The molecule has 0 fully saturated rings. The van der Waals surface area contributed by atoms with E-state index in [2.05, 4.69) is 15.4 Å². The highest BCUT2D eigenvalue weighted by molar-refractivity contribution is 5.94. The summed E-state index contributed by atoms with van der Waals surface area (Å²) in [4.78, 5) is 16.4. The number of benzene rings is 1. The second kappa shape index (κ2) is 6.91. The van der Waals surface area contributed by atoms with Crippen LogP contribution in [0.5, 0.6) is 0 Å². The second-order valence-corrected chi connectivity index (χ2v) is 6.72. The molecule has 0 aliphatic rings. The number of nitrogens with one attached hydrogen (secondary N) is 1. The Labute approximate surface area is 136 Å². The Morgan fingerprint density at radius 2 is 2.00 bits per heavy atom. The van der Waals surface area contributed by atoms with Crippen molar-refractivity contribution in [3.05, 3.63) is 36.2 Å². The molecule has 124 valence electrons. The maximum atomic E-state index is 12.2. The summed E-state index contributed by atoms with van der Waals surface area (Å²) in [6.45, 7) is 6.32. The van der Waals surface area contributed by atoms with Crippen LogP contribution in [0.3, 0.4) is 0 Å². The van der Waals surface area contributed by atoms with Crippen LogP contribution in [-0.2, 0) is 7.05 Å². The van der Waals surface area contributed by atoms with Crippen molar-refractivity contribution in [2.45, 2.75) is 33.3 Å². The third-order valence-corrected chi connectivity index (χ3v) is 3.58. The Kier molecular flexibility index (Phi) is 5.15. The fraction of sp³-hybridized carbons (Fsp3) is 0.471. The minimum Gasteiger partial charge on any atom is -0.393 e. The van der Waals surface area contributed by atoms with Gasteiger partial charge >= 0.3 is 0 Å². The van der Waals surface area contributed by atoms with E-state index in [1.165, 1.54) is 0 Å². The lowest BCUT2D eigenvalue weighted by Crippen LogP contribution is -2.35. The van der Waals surface area contributed by atoms with E-state index in [1.807, 2.05) is 33.0 Å². The van der Waals surface area contributed by atoms with Gasteiger partial charge in [0.2, 0.25) is 0 Å². The van der Waals surface area contributed by atoms with Crippen molar-refractivity contribution in [1.82, 2.24) is 20.1 Å². The molecule has 0 saturated carbocycles. The summed E-state index contributed by atoms with van der Waals surface area (Å²) in [6.07, 6.45) is 1.89. The van der Waals surface area contributed by atoms with Crippen molar-refractivity contribution in [3.8, 4) is 11.4 Å². The summed E-state index contributed by atoms with van der Waals surface area (Å²) in [5.74, 6) is 0.515. The third-order valence-electron chi connectivity index (χ3n) is 3.58. The SMILES string of the molecule is CC(O)CC(C)(C)CNC(=O)c1ccc(-c2ncn(C)n2)cc1. The van der Waals surface area contributed by atoms with Crippen LogP contribution in [0.2, 0.25) is 0 Å². The molecule has 1 unspecified atom stereocenters. The quantitative estimate of drug-likeness (QED) is 0.854. The van der Waals surface area contributed by atoms with Gasteiger partial charge in [-0.2, -0.15) is 5.10 Å². The first-order valence-electron chi connectivity index (χ1n) is 7.69. The van der Waals surface area contributed by atoms with Gasteiger partial charge in [-0.1, -0.05) is 26.0 Å². The number of hydrogen-bond acceptors (Lipinski definition) is 4. The number of aromatic nitrogens is 3. The highest BCUT2D eigenvalue weighted by Gasteiger charge is 2.21. The van der Waals surface area contributed by atoms with E-state index >= 15 is 0 Å². The Hall–Kier alpha value is -2.21. The average Bonchev–Trinajstić information content (AvgIpc) is 2.90. The van der Waals surface area contributed by atoms with E-state index < -0.39 is 0 Å². The normalized spacial score (nSPS) is 12.9. The van der Waals surface area contributed by atoms with Gasteiger partial charge in [0.15, 0.2) is 5.82 Å². The van der Waals surface area contributed by atoms with Crippen molar-refractivity contribution in [2.75, 3.05) is 6.54 Å². The van der Waals surface area contributed by atoms with E-state index in [9.17, 15) is 9.90 Å². The van der Waals surface area contributed by atoms with Crippen molar-refractivity contribution >= 4 is 5.91 Å². The van der Waals surface area contributed by atoms with Gasteiger partial charge in [-0.05, 0) is 30.9 Å². The first kappa shape index (κ1) is 17.1. The van der Waals surface area contributed by atoms with E-state index in [4.69, 9.17) is 0 Å². The number of hydrogen-bond donors (Lipinski definition) is 2. The van der Waals surface area contributed by atoms with Crippen LogP contribution in [0.15, 0.2) is 30.6 Å². The highest BCUT2D eigenvalue weighted by Crippen LogP contribution is 2.21. The van der Waals surface area contributed by atoms with Crippen molar-refractivity contribution in [2.24, 2.45) is 12.5 Å². The fourth-order valence-electron chi connectivity index (χ4n) is 2.54. The van der Waals surface area contributed by atoms with Crippen molar-refractivity contribution < 1.29 is 9.90 Å². The van der Waals surface area contributed by atoms with Crippen molar-refractivity contribution in [3.63, 3.8) is 0 Å². The molecule has 2 rings (SSSR count). The van der Waals surface area contributed by atoms with Crippen LogP contribution >= 0.6 is 0 Å². The zero-order chi connectivity index (χ0) is 17.0. The van der Waals surface area contributed by atoms with Crippen LogP contribution in [0, 0.1) is 5.41 Å². The first-order chi connectivity index (χ1) is 10.8. The monoisotopic (exact) mass is 316 g/mol. The molecule has 6 nitrogen and oxygen atoms in total. The number of rotatable bonds is 6. The number of nitrogens with zero attached hydrogens (tertiary/aromatic N) is 3. The van der Waals surface area contributed by atoms with Crippen LogP contribution < -0.4 is 5.32 Å². The molecule has 1 amide bonds. The van der Waals surface area contributed by atoms with Gasteiger partial charge in [0.05, 0.1) is 6.10 Å². The first-order valence-corrected chi connectivity index (χ1v) is 7.69. The molecule has 0 spiro atoms. The molecule has 1 aromatic carbocycles. The molecule has 1 aromatic heterocycles. The number of aliphatic hydroxyl groups is 1. The molecule has 0 aliphatic heterocycles. The molecular weight excluding hydrogens is 292 g/mol.